The summed E-state index contributed by atoms with van der Waals surface area (Å²) in [5.74, 6) is 0. The van der Waals surface area contributed by atoms with E-state index in [1.165, 1.54) is 15.6 Å². The van der Waals surface area contributed by atoms with E-state index in [1.54, 1.807) is 0 Å². The molecule has 1 atom stereocenters. The molecule has 0 aliphatic rings. The van der Waals surface area contributed by atoms with Crippen LogP contribution in [0.1, 0.15) is 24.2 Å². The highest BCUT2D eigenvalue weighted by Gasteiger charge is 2.15. The Bertz CT molecular complexity index is 676. The Hall–Kier alpha value is -1.71. The third-order valence-electron chi connectivity index (χ3n) is 3.48. The van der Waals surface area contributed by atoms with Crippen LogP contribution in [0.3, 0.4) is 0 Å². The minimum Gasteiger partial charge on any atom is -0.310 e. The number of benzene rings is 1. The highest BCUT2D eigenvalue weighted by atomic mass is 32.1. The normalized spacial score (nSPS) is 12.7. The van der Waals surface area contributed by atoms with Crippen LogP contribution in [0.4, 0.5) is 0 Å². The largest absolute Gasteiger partial charge is 0.310 e. The fourth-order valence-electron chi connectivity index (χ4n) is 2.53. The van der Waals surface area contributed by atoms with Gasteiger partial charge in [0, 0.05) is 29.1 Å². The molecule has 2 nitrogen and oxygen atoms in total. The van der Waals surface area contributed by atoms with E-state index in [0.29, 0.717) is 6.04 Å². The summed E-state index contributed by atoms with van der Waals surface area (Å²) in [6.07, 6.45) is 2.79. The molecule has 1 unspecified atom stereocenters. The van der Waals surface area contributed by atoms with Crippen molar-refractivity contribution in [2.24, 2.45) is 0 Å². The number of nitrogens with one attached hydrogen (secondary N) is 1. The van der Waals surface area contributed by atoms with Crippen LogP contribution in [0.5, 0.6) is 0 Å². The molecule has 0 fully saturated rings. The molecule has 3 rings (SSSR count). The molecule has 0 saturated carbocycles. The van der Waals surface area contributed by atoms with Crippen molar-refractivity contribution in [2.75, 3.05) is 6.54 Å². The summed E-state index contributed by atoms with van der Waals surface area (Å²) in [4.78, 5) is 4.45. The molecule has 3 heteroatoms. The fraction of sp³-hybridized carbons (Fsp3) is 0.235. The van der Waals surface area contributed by atoms with Crippen molar-refractivity contribution < 1.29 is 0 Å². The SMILES string of the molecule is CCNC(Cc1ccccn1)c1csc2ccccc12. The molecule has 102 valence electrons. The Kier molecular flexibility index (Phi) is 4.09. The zero-order valence-electron chi connectivity index (χ0n) is 11.5. The quantitative estimate of drug-likeness (QED) is 0.759. The molecule has 20 heavy (non-hydrogen) atoms. The number of hydrogen-bond acceptors (Lipinski definition) is 3. The lowest BCUT2D eigenvalue weighted by Gasteiger charge is -2.17. The maximum Gasteiger partial charge on any atom is 0.0422 e. The van der Waals surface area contributed by atoms with E-state index < -0.39 is 0 Å². The average Bonchev–Trinajstić information content (AvgIpc) is 2.92. The summed E-state index contributed by atoms with van der Waals surface area (Å²) in [7, 11) is 0. The minimum atomic E-state index is 0.325. The minimum absolute atomic E-state index is 0.325. The van der Waals surface area contributed by atoms with Gasteiger partial charge in [-0.1, -0.05) is 31.2 Å². The van der Waals surface area contributed by atoms with E-state index in [0.717, 1.165) is 18.7 Å². The van der Waals surface area contributed by atoms with Crippen LogP contribution in [0.25, 0.3) is 10.1 Å². The molecular formula is C17H18N2S. The van der Waals surface area contributed by atoms with Gasteiger partial charge in [-0.25, -0.2) is 0 Å². The number of rotatable bonds is 5. The molecule has 0 bridgehead atoms. The van der Waals surface area contributed by atoms with Crippen LogP contribution >= 0.6 is 11.3 Å². The Balaban J connectivity index is 1.94. The Morgan fingerprint density at radius 3 is 2.80 bits per heavy atom. The van der Waals surface area contributed by atoms with Gasteiger partial charge in [-0.05, 0) is 41.1 Å². The predicted molar refractivity (Wildman–Crippen MR) is 86.2 cm³/mol. The van der Waals surface area contributed by atoms with E-state index >= 15 is 0 Å². The number of nitrogens with zero attached hydrogens (tertiary/aromatic N) is 1. The topological polar surface area (TPSA) is 24.9 Å². The van der Waals surface area contributed by atoms with Gasteiger partial charge in [-0.15, -0.1) is 11.3 Å². The second-order valence-corrected chi connectivity index (χ2v) is 5.73. The zero-order valence-corrected chi connectivity index (χ0v) is 12.4. The molecule has 2 aromatic heterocycles. The molecule has 0 saturated heterocycles. The van der Waals surface area contributed by atoms with Gasteiger partial charge in [0.1, 0.15) is 0 Å². The molecule has 0 radical (unpaired) electrons. The van der Waals surface area contributed by atoms with Gasteiger partial charge in [-0.2, -0.15) is 0 Å². The molecule has 1 aromatic carbocycles. The van der Waals surface area contributed by atoms with Gasteiger partial charge in [0.05, 0.1) is 0 Å². The second kappa shape index (κ2) is 6.16. The third kappa shape index (κ3) is 2.74. The lowest BCUT2D eigenvalue weighted by atomic mass is 10.0. The van der Waals surface area contributed by atoms with Crippen molar-refractivity contribution in [1.82, 2.24) is 10.3 Å². The molecule has 0 spiro atoms. The first-order valence-electron chi connectivity index (χ1n) is 6.98. The molecule has 1 N–H and O–H groups in total. The van der Waals surface area contributed by atoms with Crippen LogP contribution in [0, 0.1) is 0 Å². The van der Waals surface area contributed by atoms with Crippen LogP contribution < -0.4 is 5.32 Å². The van der Waals surface area contributed by atoms with Crippen molar-refractivity contribution in [1.29, 1.82) is 0 Å². The lowest BCUT2D eigenvalue weighted by Crippen LogP contribution is -2.23. The van der Waals surface area contributed by atoms with Crippen LogP contribution in [-0.4, -0.2) is 11.5 Å². The first-order valence-corrected chi connectivity index (χ1v) is 7.86. The summed E-state index contributed by atoms with van der Waals surface area (Å²) >= 11 is 1.82. The van der Waals surface area contributed by atoms with Crippen LogP contribution in [0.15, 0.2) is 54.0 Å². The average molecular weight is 282 g/mol. The fourth-order valence-corrected chi connectivity index (χ4v) is 3.55. The summed E-state index contributed by atoms with van der Waals surface area (Å²) in [5, 5.41) is 7.23. The number of hydrogen-bond donors (Lipinski definition) is 1. The monoisotopic (exact) mass is 282 g/mol. The number of pyridine rings is 1. The highest BCUT2D eigenvalue weighted by Crippen LogP contribution is 2.31. The van der Waals surface area contributed by atoms with E-state index in [2.05, 4.69) is 59.0 Å². The number of likely N-dealkylation sites (N-methyl/N-ethyl adjacent to an activating group) is 1. The van der Waals surface area contributed by atoms with E-state index in [9.17, 15) is 0 Å². The Morgan fingerprint density at radius 2 is 2.00 bits per heavy atom. The van der Waals surface area contributed by atoms with E-state index in [-0.39, 0.29) is 0 Å². The molecular weight excluding hydrogens is 264 g/mol. The van der Waals surface area contributed by atoms with E-state index in [1.807, 2.05) is 23.6 Å². The van der Waals surface area contributed by atoms with Crippen molar-refractivity contribution in [3.05, 3.63) is 65.3 Å². The molecule has 0 amide bonds. The Morgan fingerprint density at radius 1 is 1.15 bits per heavy atom. The molecule has 3 aromatic rings. The maximum absolute atomic E-state index is 4.45. The second-order valence-electron chi connectivity index (χ2n) is 4.82. The first-order chi connectivity index (χ1) is 9.88. The van der Waals surface area contributed by atoms with Gasteiger partial charge >= 0.3 is 0 Å². The summed E-state index contributed by atoms with van der Waals surface area (Å²) in [6.45, 7) is 3.11. The van der Waals surface area contributed by atoms with Crippen LogP contribution in [0.2, 0.25) is 0 Å². The van der Waals surface area contributed by atoms with Crippen molar-refractivity contribution in [3.8, 4) is 0 Å². The van der Waals surface area contributed by atoms with Crippen molar-refractivity contribution in [2.45, 2.75) is 19.4 Å². The third-order valence-corrected chi connectivity index (χ3v) is 4.46. The van der Waals surface area contributed by atoms with Gasteiger partial charge in [0.25, 0.3) is 0 Å². The maximum atomic E-state index is 4.45. The number of thiophene rings is 1. The molecule has 2 heterocycles. The summed E-state index contributed by atoms with van der Waals surface area (Å²) in [5.41, 5.74) is 2.52. The standard InChI is InChI=1S/C17H18N2S/c1-2-18-16(11-13-7-5-6-10-19-13)15-12-20-17-9-4-3-8-14(15)17/h3-10,12,16,18H,2,11H2,1H3. The predicted octanol–water partition coefficient (Wildman–Crippen LogP) is 4.19. The van der Waals surface area contributed by atoms with E-state index in [4.69, 9.17) is 0 Å². The highest BCUT2D eigenvalue weighted by molar-refractivity contribution is 7.17. The summed E-state index contributed by atoms with van der Waals surface area (Å²) in [6, 6.07) is 15.1. The zero-order chi connectivity index (χ0) is 13.8. The molecule has 0 aliphatic carbocycles. The molecule has 0 aliphatic heterocycles. The van der Waals surface area contributed by atoms with Crippen molar-refractivity contribution in [3.63, 3.8) is 0 Å². The van der Waals surface area contributed by atoms with Crippen molar-refractivity contribution >= 4 is 21.4 Å². The summed E-state index contributed by atoms with van der Waals surface area (Å²) < 4.78 is 1.35. The van der Waals surface area contributed by atoms with Gasteiger partial charge < -0.3 is 5.32 Å². The lowest BCUT2D eigenvalue weighted by molar-refractivity contribution is 0.548. The first kappa shape index (κ1) is 13.3. The number of aromatic nitrogens is 1. The smallest absolute Gasteiger partial charge is 0.0422 e. The van der Waals surface area contributed by atoms with Gasteiger partial charge in [-0.3, -0.25) is 4.98 Å². The number of fused-ring (bicyclic) bond motifs is 1. The van der Waals surface area contributed by atoms with Gasteiger partial charge in [0.2, 0.25) is 0 Å². The van der Waals surface area contributed by atoms with Gasteiger partial charge in [0.15, 0.2) is 0 Å². The Labute approximate surface area is 123 Å². The van der Waals surface area contributed by atoms with Crippen LogP contribution in [-0.2, 0) is 6.42 Å².